The van der Waals surface area contributed by atoms with Gasteiger partial charge in [0.15, 0.2) is 0 Å². The molecule has 0 N–H and O–H groups in total. The molecular weight excluding hydrogens is 438 g/mol. The summed E-state index contributed by atoms with van der Waals surface area (Å²) in [5.41, 5.74) is 3.30. The number of methoxy groups -OCH3 is 1. The summed E-state index contributed by atoms with van der Waals surface area (Å²) < 4.78 is 33.0. The van der Waals surface area contributed by atoms with Crippen molar-refractivity contribution >= 4 is 21.7 Å². The number of hydrogen-bond donors (Lipinski definition) is 0. The number of esters is 1. The van der Waals surface area contributed by atoms with E-state index in [1.165, 1.54) is 19.2 Å². The van der Waals surface area contributed by atoms with E-state index in [2.05, 4.69) is 0 Å². The van der Waals surface area contributed by atoms with Crippen molar-refractivity contribution in [3.05, 3.63) is 83.9 Å². The normalized spacial score (nSPS) is 11.4. The summed E-state index contributed by atoms with van der Waals surface area (Å²) in [7, 11) is -2.83. The monoisotopic (exact) mass is 467 g/mol. The third-order valence-electron chi connectivity index (χ3n) is 5.17. The fourth-order valence-corrected chi connectivity index (χ4v) is 4.76. The van der Waals surface area contributed by atoms with Gasteiger partial charge < -0.3 is 4.74 Å². The van der Waals surface area contributed by atoms with E-state index in [1.807, 2.05) is 63.2 Å². The molecule has 0 saturated carbocycles. The minimum atomic E-state index is -4.11. The molecule has 6 nitrogen and oxygen atoms in total. The summed E-state index contributed by atoms with van der Waals surface area (Å²) in [6.45, 7) is 5.98. The Morgan fingerprint density at radius 2 is 1.58 bits per heavy atom. The molecule has 33 heavy (non-hydrogen) atoms. The summed E-state index contributed by atoms with van der Waals surface area (Å²) in [5.74, 6) is -0.558. The van der Waals surface area contributed by atoms with Crippen LogP contribution in [0.15, 0.2) is 77.7 Å². The van der Waals surface area contributed by atoms with Crippen LogP contribution in [-0.4, -0.2) is 28.1 Å². The third-order valence-corrected chi connectivity index (χ3v) is 6.77. The van der Waals surface area contributed by atoms with Crippen LogP contribution >= 0.6 is 0 Å². The lowest BCUT2D eigenvalue weighted by molar-refractivity contribution is 0.0598. The fraction of sp³-hybridized carbons (Fsp3) is 0.269. The molecule has 0 aliphatic heterocycles. The van der Waals surface area contributed by atoms with Gasteiger partial charge in [-0.3, -0.25) is 4.84 Å². The number of nitrogens with zero attached hydrogens (tertiary/aromatic N) is 1. The quantitative estimate of drug-likeness (QED) is 0.294. The van der Waals surface area contributed by atoms with E-state index in [4.69, 9.17) is 9.57 Å². The number of carbonyl (C=O) groups excluding carboxylic acids is 1. The Morgan fingerprint density at radius 3 is 2.15 bits per heavy atom. The second-order valence-electron chi connectivity index (χ2n) is 7.87. The first-order valence-electron chi connectivity index (χ1n) is 10.9. The predicted molar refractivity (Wildman–Crippen MR) is 130 cm³/mol. The van der Waals surface area contributed by atoms with Crippen molar-refractivity contribution in [1.82, 2.24) is 0 Å². The van der Waals surface area contributed by atoms with Gasteiger partial charge in [-0.2, -0.15) is 8.42 Å². The molecule has 3 aromatic rings. The number of carbonyl (C=O) groups is 1. The Balaban J connectivity index is 2.04. The largest absolute Gasteiger partial charge is 0.465 e. The highest BCUT2D eigenvalue weighted by molar-refractivity contribution is 7.92. The Bertz CT molecular complexity index is 1190. The standard InChI is InChI=1S/C26H29NO5S/c1-5-17-32-27(22-13-11-21(12-14-22)20-9-7-6-8-10-20)33(29,30)23-15-16-24(19(2)3)25(18-23)26(28)31-4/h6-16,18-19H,5,17H2,1-4H3. The SMILES string of the molecule is CCCON(c1ccc(-c2ccccc2)cc1)S(=O)(=O)c1ccc(C(C)C)c(C(=O)OC)c1. The molecule has 0 saturated heterocycles. The number of ether oxygens (including phenoxy) is 1. The van der Waals surface area contributed by atoms with E-state index in [1.54, 1.807) is 18.2 Å². The van der Waals surface area contributed by atoms with Crippen LogP contribution in [0.3, 0.4) is 0 Å². The molecule has 7 heteroatoms. The molecule has 0 fully saturated rings. The van der Waals surface area contributed by atoms with Crippen molar-refractivity contribution in [1.29, 1.82) is 0 Å². The number of hydrogen-bond acceptors (Lipinski definition) is 5. The van der Waals surface area contributed by atoms with Crippen LogP contribution in [0, 0.1) is 0 Å². The van der Waals surface area contributed by atoms with Gasteiger partial charge in [-0.1, -0.05) is 69.3 Å². The van der Waals surface area contributed by atoms with Crippen LogP contribution in [0.25, 0.3) is 11.1 Å². The van der Waals surface area contributed by atoms with Gasteiger partial charge >= 0.3 is 5.97 Å². The fourth-order valence-electron chi connectivity index (χ4n) is 3.44. The average Bonchev–Trinajstić information content (AvgIpc) is 2.84. The first-order chi connectivity index (χ1) is 15.8. The first-order valence-corrected chi connectivity index (χ1v) is 12.3. The van der Waals surface area contributed by atoms with Crippen molar-refractivity contribution < 1.29 is 22.8 Å². The smallest absolute Gasteiger partial charge is 0.338 e. The van der Waals surface area contributed by atoms with Gasteiger partial charge in [-0.05, 0) is 53.3 Å². The van der Waals surface area contributed by atoms with Gasteiger partial charge in [0.25, 0.3) is 10.0 Å². The van der Waals surface area contributed by atoms with Crippen molar-refractivity contribution in [2.75, 3.05) is 18.2 Å². The second-order valence-corrected chi connectivity index (χ2v) is 9.63. The minimum absolute atomic E-state index is 0.0221. The Morgan fingerprint density at radius 1 is 0.939 bits per heavy atom. The van der Waals surface area contributed by atoms with Gasteiger partial charge in [-0.15, -0.1) is 4.47 Å². The molecule has 0 aliphatic rings. The highest BCUT2D eigenvalue weighted by Gasteiger charge is 2.28. The van der Waals surface area contributed by atoms with Crippen LogP contribution in [0.4, 0.5) is 5.69 Å². The molecule has 3 rings (SSSR count). The van der Waals surface area contributed by atoms with Gasteiger partial charge in [0.1, 0.15) is 0 Å². The molecule has 0 spiro atoms. The van der Waals surface area contributed by atoms with Crippen LogP contribution < -0.4 is 4.47 Å². The Labute approximate surface area is 195 Å². The van der Waals surface area contributed by atoms with E-state index in [-0.39, 0.29) is 23.0 Å². The minimum Gasteiger partial charge on any atom is -0.465 e. The van der Waals surface area contributed by atoms with Crippen LogP contribution in [0.5, 0.6) is 0 Å². The molecule has 0 atom stereocenters. The van der Waals surface area contributed by atoms with E-state index < -0.39 is 16.0 Å². The van der Waals surface area contributed by atoms with Gasteiger partial charge in [-0.25, -0.2) is 4.79 Å². The topological polar surface area (TPSA) is 72.9 Å². The predicted octanol–water partition coefficient (Wildman–Crippen LogP) is 5.80. The van der Waals surface area contributed by atoms with Crippen LogP contribution in [-0.2, 0) is 19.6 Å². The summed E-state index contributed by atoms with van der Waals surface area (Å²) in [6, 6.07) is 21.4. The van der Waals surface area contributed by atoms with E-state index in [0.717, 1.165) is 15.6 Å². The van der Waals surface area contributed by atoms with Crippen molar-refractivity contribution in [3.8, 4) is 11.1 Å². The number of rotatable bonds is 9. The number of sulfonamides is 1. The van der Waals surface area contributed by atoms with Crippen molar-refractivity contribution in [2.45, 2.75) is 38.0 Å². The molecule has 0 heterocycles. The maximum Gasteiger partial charge on any atom is 0.338 e. The summed E-state index contributed by atoms with van der Waals surface area (Å²) in [5, 5.41) is 0. The van der Waals surface area contributed by atoms with Crippen molar-refractivity contribution in [2.24, 2.45) is 0 Å². The van der Waals surface area contributed by atoms with Crippen LogP contribution in [0.2, 0.25) is 0 Å². The Kier molecular flexibility index (Phi) is 7.89. The molecule has 0 radical (unpaired) electrons. The summed E-state index contributed by atoms with van der Waals surface area (Å²) in [4.78, 5) is 18.0. The average molecular weight is 468 g/mol. The van der Waals surface area contributed by atoms with E-state index in [0.29, 0.717) is 17.7 Å². The van der Waals surface area contributed by atoms with Crippen LogP contribution in [0.1, 0.15) is 49.0 Å². The molecular formula is C26H29NO5S. The third kappa shape index (κ3) is 5.43. The lowest BCUT2D eigenvalue weighted by atomic mass is 9.97. The second kappa shape index (κ2) is 10.6. The number of anilines is 1. The zero-order valence-corrected chi connectivity index (χ0v) is 20.1. The summed E-state index contributed by atoms with van der Waals surface area (Å²) in [6.07, 6.45) is 0.633. The molecule has 0 amide bonds. The molecule has 0 unspecified atom stereocenters. The molecule has 0 bridgehead atoms. The zero-order chi connectivity index (χ0) is 24.0. The molecule has 0 aromatic heterocycles. The lowest BCUT2D eigenvalue weighted by Crippen LogP contribution is -2.32. The van der Waals surface area contributed by atoms with Crippen molar-refractivity contribution in [3.63, 3.8) is 0 Å². The maximum atomic E-state index is 13.6. The summed E-state index contributed by atoms with van der Waals surface area (Å²) >= 11 is 0. The van der Waals surface area contributed by atoms with E-state index >= 15 is 0 Å². The highest BCUT2D eigenvalue weighted by atomic mass is 32.2. The molecule has 0 aliphatic carbocycles. The van der Waals surface area contributed by atoms with Gasteiger partial charge in [0.05, 0.1) is 29.9 Å². The van der Waals surface area contributed by atoms with Gasteiger partial charge in [0.2, 0.25) is 0 Å². The Hall–Kier alpha value is -3.16. The molecule has 3 aromatic carbocycles. The first kappa shape index (κ1) is 24.5. The number of benzene rings is 3. The maximum absolute atomic E-state index is 13.6. The lowest BCUT2D eigenvalue weighted by Gasteiger charge is -2.24. The van der Waals surface area contributed by atoms with Gasteiger partial charge in [0, 0.05) is 0 Å². The zero-order valence-electron chi connectivity index (χ0n) is 19.3. The van der Waals surface area contributed by atoms with E-state index in [9.17, 15) is 13.2 Å². The molecule has 174 valence electrons. The highest BCUT2D eigenvalue weighted by Crippen LogP contribution is 2.30.